The Balaban J connectivity index is 2.42. The lowest BCUT2D eigenvalue weighted by Gasteiger charge is -2.18. The third-order valence-corrected chi connectivity index (χ3v) is 2.17. The van der Waals surface area contributed by atoms with Crippen LogP contribution >= 0.6 is 0 Å². The molecule has 2 heterocycles. The molecule has 0 fully saturated rings. The Labute approximate surface area is 86.0 Å². The van der Waals surface area contributed by atoms with E-state index in [2.05, 4.69) is 22.0 Å². The average molecular weight is 206 g/mol. The third-order valence-electron chi connectivity index (χ3n) is 2.17. The summed E-state index contributed by atoms with van der Waals surface area (Å²) in [5.41, 5.74) is 0. The first-order chi connectivity index (χ1) is 7.13. The topological polar surface area (TPSA) is 76.9 Å². The molecule has 2 rings (SSSR count). The van der Waals surface area contributed by atoms with E-state index >= 15 is 0 Å². The van der Waals surface area contributed by atoms with Crippen LogP contribution in [0.4, 0.5) is 5.95 Å². The molecule has 1 atom stereocenters. The second-order valence-electron chi connectivity index (χ2n) is 3.30. The molecule has 6 heteroatoms. The van der Waals surface area contributed by atoms with Crippen LogP contribution in [0.3, 0.4) is 0 Å². The molecule has 1 aromatic rings. The molecule has 1 N–H and O–H groups in total. The number of aromatic nitrogens is 3. The molecule has 0 radical (unpaired) electrons. The monoisotopic (exact) mass is 206 g/mol. The first kappa shape index (κ1) is 9.57. The molecule has 1 aromatic heterocycles. The number of hydrogen-bond donors (Lipinski definition) is 1. The van der Waals surface area contributed by atoms with Gasteiger partial charge in [0.05, 0.1) is 0 Å². The fourth-order valence-corrected chi connectivity index (χ4v) is 1.48. The predicted octanol–water partition coefficient (Wildman–Crippen LogP) is 0.371. The number of hydrogen-bond acceptors (Lipinski definition) is 4. The maximum Gasteiger partial charge on any atom is 0.263 e. The van der Waals surface area contributed by atoms with Crippen LogP contribution in [-0.4, -0.2) is 26.6 Å². The summed E-state index contributed by atoms with van der Waals surface area (Å²) < 4.78 is 1.13. The standard InChI is InChI=1S/C9H10N4O2/c1-3-4-6-7(14)11-9-10-5(2)12-13(9)8(6)15/h3,6H,1,4H2,2H3,(H,10,11,12,14). The van der Waals surface area contributed by atoms with Crippen molar-refractivity contribution in [1.29, 1.82) is 0 Å². The van der Waals surface area contributed by atoms with Crippen LogP contribution in [0, 0.1) is 12.8 Å². The summed E-state index contributed by atoms with van der Waals surface area (Å²) in [6.45, 7) is 5.17. The fourth-order valence-electron chi connectivity index (χ4n) is 1.48. The Bertz CT molecular complexity index is 449. The molecular weight excluding hydrogens is 196 g/mol. The van der Waals surface area contributed by atoms with E-state index in [0.717, 1.165) is 4.68 Å². The van der Waals surface area contributed by atoms with Gasteiger partial charge in [0.1, 0.15) is 11.7 Å². The molecule has 78 valence electrons. The highest BCUT2D eigenvalue weighted by Crippen LogP contribution is 2.19. The lowest BCUT2D eigenvalue weighted by Crippen LogP contribution is -2.39. The number of nitrogens with zero attached hydrogens (tertiary/aromatic N) is 3. The quantitative estimate of drug-likeness (QED) is 0.560. The maximum absolute atomic E-state index is 11.8. The van der Waals surface area contributed by atoms with Gasteiger partial charge in [-0.05, 0) is 13.3 Å². The van der Waals surface area contributed by atoms with E-state index < -0.39 is 5.92 Å². The lowest BCUT2D eigenvalue weighted by molar-refractivity contribution is -0.119. The Hall–Kier alpha value is -1.98. The van der Waals surface area contributed by atoms with Crippen LogP contribution in [0.25, 0.3) is 0 Å². The number of allylic oxidation sites excluding steroid dienone is 1. The number of anilines is 1. The summed E-state index contributed by atoms with van der Waals surface area (Å²) in [4.78, 5) is 27.2. The van der Waals surface area contributed by atoms with E-state index in [0.29, 0.717) is 12.2 Å². The lowest BCUT2D eigenvalue weighted by atomic mass is 10.0. The number of carbonyl (C=O) groups is 2. The van der Waals surface area contributed by atoms with Gasteiger partial charge in [-0.15, -0.1) is 11.7 Å². The molecule has 0 bridgehead atoms. The van der Waals surface area contributed by atoms with Crippen molar-refractivity contribution >= 4 is 17.8 Å². The summed E-state index contributed by atoms with van der Waals surface area (Å²) in [5.74, 6) is -0.786. The Morgan fingerprint density at radius 3 is 3.00 bits per heavy atom. The number of nitrogens with one attached hydrogen (secondary N) is 1. The zero-order chi connectivity index (χ0) is 11.0. The molecule has 0 spiro atoms. The number of amides is 1. The first-order valence-electron chi connectivity index (χ1n) is 4.53. The molecule has 0 aromatic carbocycles. The molecule has 0 saturated heterocycles. The zero-order valence-electron chi connectivity index (χ0n) is 8.23. The summed E-state index contributed by atoms with van der Waals surface area (Å²) in [6, 6.07) is 0. The Morgan fingerprint density at radius 2 is 2.33 bits per heavy atom. The molecule has 1 aliphatic rings. The molecule has 15 heavy (non-hydrogen) atoms. The van der Waals surface area contributed by atoms with Crippen LogP contribution in [0.1, 0.15) is 17.0 Å². The highest BCUT2D eigenvalue weighted by molar-refractivity contribution is 6.10. The molecule has 1 unspecified atom stereocenters. The SMILES string of the molecule is C=CCC1C(=O)Nc2nc(C)nn2C1=O. The number of fused-ring (bicyclic) bond motifs is 1. The van der Waals surface area contributed by atoms with Crippen molar-refractivity contribution in [3.63, 3.8) is 0 Å². The Morgan fingerprint density at radius 1 is 1.60 bits per heavy atom. The van der Waals surface area contributed by atoms with Gasteiger partial charge in [-0.2, -0.15) is 9.67 Å². The Kier molecular flexibility index (Phi) is 2.11. The van der Waals surface area contributed by atoms with E-state index in [-0.39, 0.29) is 17.8 Å². The van der Waals surface area contributed by atoms with Crippen LogP contribution in [0.5, 0.6) is 0 Å². The molecular formula is C9H10N4O2. The maximum atomic E-state index is 11.8. The molecule has 0 saturated carbocycles. The molecule has 6 nitrogen and oxygen atoms in total. The van der Waals surface area contributed by atoms with Crippen molar-refractivity contribution in [3.05, 3.63) is 18.5 Å². The van der Waals surface area contributed by atoms with E-state index in [1.165, 1.54) is 6.08 Å². The molecule has 1 aliphatic heterocycles. The third kappa shape index (κ3) is 1.43. The van der Waals surface area contributed by atoms with Gasteiger partial charge in [0, 0.05) is 0 Å². The summed E-state index contributed by atoms with van der Waals surface area (Å²) in [7, 11) is 0. The van der Waals surface area contributed by atoms with Crippen molar-refractivity contribution in [1.82, 2.24) is 14.8 Å². The average Bonchev–Trinajstić information content (AvgIpc) is 2.53. The first-order valence-corrected chi connectivity index (χ1v) is 4.53. The minimum Gasteiger partial charge on any atom is -0.294 e. The van der Waals surface area contributed by atoms with Crippen molar-refractivity contribution < 1.29 is 9.59 Å². The molecule has 1 amide bonds. The summed E-state index contributed by atoms with van der Waals surface area (Å²) >= 11 is 0. The molecule has 0 aliphatic carbocycles. The van der Waals surface area contributed by atoms with Gasteiger partial charge in [-0.1, -0.05) is 6.08 Å². The van der Waals surface area contributed by atoms with Gasteiger partial charge in [0.2, 0.25) is 11.9 Å². The largest absolute Gasteiger partial charge is 0.294 e. The van der Waals surface area contributed by atoms with Gasteiger partial charge < -0.3 is 0 Å². The van der Waals surface area contributed by atoms with Gasteiger partial charge in [-0.3, -0.25) is 14.9 Å². The van der Waals surface area contributed by atoms with Crippen LogP contribution in [0.2, 0.25) is 0 Å². The fraction of sp³-hybridized carbons (Fsp3) is 0.333. The summed E-state index contributed by atoms with van der Waals surface area (Å²) in [6.07, 6.45) is 1.85. The van der Waals surface area contributed by atoms with E-state index in [1.807, 2.05) is 0 Å². The number of aryl methyl sites for hydroxylation is 1. The number of rotatable bonds is 2. The second kappa shape index (κ2) is 3.30. The van der Waals surface area contributed by atoms with Gasteiger partial charge in [-0.25, -0.2) is 0 Å². The van der Waals surface area contributed by atoms with E-state index in [9.17, 15) is 9.59 Å². The van der Waals surface area contributed by atoms with E-state index in [4.69, 9.17) is 0 Å². The van der Waals surface area contributed by atoms with Crippen LogP contribution in [-0.2, 0) is 4.79 Å². The van der Waals surface area contributed by atoms with Crippen molar-refractivity contribution in [2.24, 2.45) is 5.92 Å². The van der Waals surface area contributed by atoms with Gasteiger partial charge >= 0.3 is 0 Å². The van der Waals surface area contributed by atoms with Crippen molar-refractivity contribution in [2.75, 3.05) is 5.32 Å². The smallest absolute Gasteiger partial charge is 0.263 e. The van der Waals surface area contributed by atoms with Crippen molar-refractivity contribution in [2.45, 2.75) is 13.3 Å². The van der Waals surface area contributed by atoms with Crippen LogP contribution in [0.15, 0.2) is 12.7 Å². The van der Waals surface area contributed by atoms with Gasteiger partial charge in [0.15, 0.2) is 0 Å². The predicted molar refractivity (Wildman–Crippen MR) is 52.3 cm³/mol. The summed E-state index contributed by atoms with van der Waals surface area (Å²) in [5, 5.41) is 6.43. The van der Waals surface area contributed by atoms with Crippen LogP contribution < -0.4 is 5.32 Å². The van der Waals surface area contributed by atoms with Crippen molar-refractivity contribution in [3.8, 4) is 0 Å². The zero-order valence-corrected chi connectivity index (χ0v) is 8.23. The van der Waals surface area contributed by atoms with E-state index in [1.54, 1.807) is 6.92 Å². The minimum atomic E-state index is -0.740. The number of carbonyl (C=O) groups excluding carboxylic acids is 2. The van der Waals surface area contributed by atoms with Gasteiger partial charge in [0.25, 0.3) is 5.91 Å². The minimum absolute atomic E-state index is 0.197. The highest BCUT2D eigenvalue weighted by atomic mass is 16.2. The highest BCUT2D eigenvalue weighted by Gasteiger charge is 2.35. The normalized spacial score (nSPS) is 19.7. The second-order valence-corrected chi connectivity index (χ2v) is 3.30.